The van der Waals surface area contributed by atoms with E-state index in [0.717, 1.165) is 22.1 Å². The summed E-state index contributed by atoms with van der Waals surface area (Å²) in [4.78, 5) is 35.1. The Morgan fingerprint density at radius 1 is 1.17 bits per heavy atom. The number of carbonyl (C=O) groups excluding carboxylic acids is 3. The summed E-state index contributed by atoms with van der Waals surface area (Å²) < 4.78 is 31.7. The normalized spacial score (nSPS) is 15.0. The lowest BCUT2D eigenvalue weighted by atomic mass is 10.0. The molecule has 0 aliphatic carbocycles. The third kappa shape index (κ3) is 8.10. The van der Waals surface area contributed by atoms with Gasteiger partial charge in [0.1, 0.15) is 18.6 Å². The highest BCUT2D eigenvalue weighted by atomic mass is 32.2. The molecule has 1 saturated heterocycles. The van der Waals surface area contributed by atoms with Gasteiger partial charge in [-0.25, -0.2) is 13.4 Å². The quantitative estimate of drug-likeness (QED) is 0.271. The number of benzene rings is 2. The third-order valence-electron chi connectivity index (χ3n) is 5.99. The van der Waals surface area contributed by atoms with Gasteiger partial charge < -0.3 is 35.1 Å². The molecule has 5 rings (SSSR count). The van der Waals surface area contributed by atoms with E-state index >= 15 is 0 Å². The predicted molar refractivity (Wildman–Crippen MR) is 160 cm³/mol. The zero-order valence-corrected chi connectivity index (χ0v) is 25.2. The fourth-order valence-electron chi connectivity index (χ4n) is 4.24. The summed E-state index contributed by atoms with van der Waals surface area (Å²) in [6.45, 7) is 5.21. The molecule has 1 amide bonds. The number of nitrogens with zero attached hydrogens (tertiary/aromatic N) is 4. The second kappa shape index (κ2) is 15.9. The topological polar surface area (TPSA) is 199 Å². The van der Waals surface area contributed by atoms with Crippen LogP contribution in [0.4, 0.5) is 0 Å². The van der Waals surface area contributed by atoms with Crippen molar-refractivity contribution in [2.45, 2.75) is 24.3 Å². The van der Waals surface area contributed by atoms with Gasteiger partial charge in [0.05, 0.1) is 22.9 Å². The molecule has 0 radical (unpaired) electrons. The number of β-amino-alcohol motifs (C(OH)–C–C–N with tert-alkyl or cyclic N) is 1. The van der Waals surface area contributed by atoms with Crippen LogP contribution in [0.1, 0.15) is 38.8 Å². The fourth-order valence-corrected chi connectivity index (χ4v) is 6.77. The van der Waals surface area contributed by atoms with Crippen molar-refractivity contribution < 1.29 is 32.3 Å². The summed E-state index contributed by atoms with van der Waals surface area (Å²) in [6.07, 6.45) is 1.24. The summed E-state index contributed by atoms with van der Waals surface area (Å²) in [5, 5.41) is 19.7. The van der Waals surface area contributed by atoms with E-state index in [2.05, 4.69) is 26.2 Å². The largest absolute Gasteiger partial charge is 0.422 e. The zero-order chi connectivity index (χ0) is 31.4. The summed E-state index contributed by atoms with van der Waals surface area (Å²) in [5.74, 6) is 0.172. The van der Waals surface area contributed by atoms with Crippen LogP contribution in [0, 0.1) is 0 Å². The molecule has 13 nitrogen and oxygen atoms in total. The molecular weight excluding hydrogens is 584 g/mol. The molecule has 2 aromatic carbocycles. The number of fused-ring (bicyclic) bond motifs is 1. The van der Waals surface area contributed by atoms with Crippen molar-refractivity contribution in [1.29, 1.82) is 0 Å². The molecule has 1 fully saturated rings. The second-order valence-electron chi connectivity index (χ2n) is 8.78. The average Bonchev–Trinajstić information content (AvgIpc) is 3.75. The number of aliphatic hydroxyl groups excluding tert-OH is 1. The van der Waals surface area contributed by atoms with E-state index in [0.29, 0.717) is 48.0 Å². The molecular formula is C27H34N6O7S2. The first kappa shape index (κ1) is 34.3. The third-order valence-corrected chi connectivity index (χ3v) is 8.50. The Kier molecular flexibility index (Phi) is 13.0. The number of nitrogens with one attached hydrogen (secondary N) is 1. The van der Waals surface area contributed by atoms with Crippen molar-refractivity contribution in [1.82, 2.24) is 25.4 Å². The van der Waals surface area contributed by atoms with Gasteiger partial charge >= 0.3 is 0 Å². The maximum Gasteiger partial charge on any atom is 0.253 e. The van der Waals surface area contributed by atoms with Crippen molar-refractivity contribution in [2.75, 3.05) is 33.4 Å². The number of aliphatic hydroxyl groups is 1. The number of hydrogen-bond donors (Lipinski definition) is 3. The second-order valence-corrected chi connectivity index (χ2v) is 12.0. The first-order chi connectivity index (χ1) is 20.2. The monoisotopic (exact) mass is 618 g/mol. The van der Waals surface area contributed by atoms with Gasteiger partial charge in [-0.15, -0.1) is 21.5 Å². The van der Waals surface area contributed by atoms with Crippen LogP contribution >= 0.6 is 11.3 Å². The molecule has 42 heavy (non-hydrogen) atoms. The number of hydrogen-bond acceptors (Lipinski definition) is 13. The van der Waals surface area contributed by atoms with Gasteiger partial charge in [0, 0.05) is 24.9 Å². The first-order valence-corrected chi connectivity index (χ1v) is 15.3. The van der Waals surface area contributed by atoms with Gasteiger partial charge in [-0.05, 0) is 55.9 Å². The van der Waals surface area contributed by atoms with E-state index in [1.807, 2.05) is 50.0 Å². The van der Waals surface area contributed by atoms with Crippen LogP contribution in [-0.2, 0) is 26.0 Å². The number of rotatable bonds is 7. The summed E-state index contributed by atoms with van der Waals surface area (Å²) in [6, 6.07) is 13.0. The fraction of sp³-hybridized carbons (Fsp3) is 0.333. The zero-order valence-electron chi connectivity index (χ0n) is 23.5. The molecule has 4 N–H and O–H groups in total. The van der Waals surface area contributed by atoms with E-state index in [9.17, 15) is 18.3 Å². The van der Waals surface area contributed by atoms with Crippen molar-refractivity contribution in [3.63, 3.8) is 0 Å². The standard InChI is InChI=1S/C24H25N5O5S2.CH5N.2CH2O/c1-25-12-20-27-28-22(34-20)21(36(2,32)33)23-26-18-7-6-15(11-19(18)35-23)14-4-3-5-16(10-14)24(31)29-9-8-17(30)13-29;3*1-2/h3-7,10-11,17,21,25,30H,8-9,12-13H2,1-2H3;2H2,1H3;2*1H2/t17-,21?;;;/m0.../s1. The molecule has 0 bridgehead atoms. The molecule has 3 heterocycles. The number of nitrogens with two attached hydrogens (primary N) is 1. The summed E-state index contributed by atoms with van der Waals surface area (Å²) in [5.41, 5.74) is 7.43. The van der Waals surface area contributed by atoms with Crippen LogP contribution < -0.4 is 11.1 Å². The van der Waals surface area contributed by atoms with Crippen LogP contribution in [0.3, 0.4) is 0 Å². The molecule has 1 aliphatic rings. The van der Waals surface area contributed by atoms with Gasteiger partial charge in [-0.2, -0.15) is 0 Å². The van der Waals surface area contributed by atoms with E-state index < -0.39 is 21.2 Å². The SMILES string of the molecule is C=O.C=O.CN.CNCc1nnc(C(c2nc3ccc(-c4cccc(C(=O)N5CC[C@H](O)C5)c4)cc3s2)S(C)(=O)=O)o1. The Hall–Kier alpha value is -3.89. The number of thiazole rings is 1. The van der Waals surface area contributed by atoms with Crippen LogP contribution in [0.25, 0.3) is 21.3 Å². The highest BCUT2D eigenvalue weighted by Gasteiger charge is 2.34. The number of amides is 1. The van der Waals surface area contributed by atoms with Crippen molar-refractivity contribution in [3.8, 4) is 11.1 Å². The molecule has 4 aromatic rings. The molecule has 0 saturated carbocycles. The van der Waals surface area contributed by atoms with Gasteiger partial charge in [-0.3, -0.25) is 4.79 Å². The first-order valence-electron chi connectivity index (χ1n) is 12.5. The number of sulfone groups is 1. The predicted octanol–water partition coefficient (Wildman–Crippen LogP) is 1.61. The van der Waals surface area contributed by atoms with Crippen molar-refractivity contribution >= 4 is 50.9 Å². The molecule has 0 spiro atoms. The van der Waals surface area contributed by atoms with Crippen LogP contribution in [0.15, 0.2) is 46.9 Å². The summed E-state index contributed by atoms with van der Waals surface area (Å²) >= 11 is 1.25. The van der Waals surface area contributed by atoms with Gasteiger partial charge in [0.2, 0.25) is 11.8 Å². The van der Waals surface area contributed by atoms with E-state index in [1.54, 1.807) is 18.0 Å². The maximum absolute atomic E-state index is 12.9. The van der Waals surface area contributed by atoms with E-state index in [1.165, 1.54) is 18.4 Å². The van der Waals surface area contributed by atoms with Crippen LogP contribution in [0.5, 0.6) is 0 Å². The number of aromatic nitrogens is 3. The van der Waals surface area contributed by atoms with Crippen LogP contribution in [0.2, 0.25) is 0 Å². The van der Waals surface area contributed by atoms with Crippen molar-refractivity contribution in [2.24, 2.45) is 5.73 Å². The average molecular weight is 619 g/mol. The molecule has 2 aromatic heterocycles. The Bertz CT molecular complexity index is 1570. The number of carbonyl (C=O) groups is 3. The van der Waals surface area contributed by atoms with Crippen molar-refractivity contribution in [3.05, 3.63) is 64.8 Å². The summed E-state index contributed by atoms with van der Waals surface area (Å²) in [7, 11) is -0.411. The van der Waals surface area contributed by atoms with Gasteiger partial charge in [-0.1, -0.05) is 18.2 Å². The minimum absolute atomic E-state index is 0.0136. The smallest absolute Gasteiger partial charge is 0.253 e. The lowest BCUT2D eigenvalue weighted by molar-refractivity contribution is -0.0987. The van der Waals surface area contributed by atoms with Crippen LogP contribution in [-0.4, -0.2) is 92.6 Å². The molecule has 1 aliphatic heterocycles. The van der Waals surface area contributed by atoms with Gasteiger partial charge in [0.25, 0.3) is 5.91 Å². The van der Waals surface area contributed by atoms with Gasteiger partial charge in [0.15, 0.2) is 15.1 Å². The molecule has 2 atom stereocenters. The number of likely N-dealkylation sites (tertiary alicyclic amines) is 1. The molecule has 15 heteroatoms. The highest BCUT2D eigenvalue weighted by molar-refractivity contribution is 7.91. The minimum atomic E-state index is -3.64. The lowest BCUT2D eigenvalue weighted by Crippen LogP contribution is -2.29. The molecule has 1 unspecified atom stereocenters. The Balaban J connectivity index is 0.000000966. The van der Waals surface area contributed by atoms with E-state index in [4.69, 9.17) is 14.0 Å². The van der Waals surface area contributed by atoms with E-state index in [-0.39, 0.29) is 11.8 Å². The Morgan fingerprint density at radius 3 is 2.48 bits per heavy atom. The molecule has 226 valence electrons. The Morgan fingerprint density at radius 2 is 1.86 bits per heavy atom. The maximum atomic E-state index is 12.9. The Labute approximate surface area is 247 Å². The highest BCUT2D eigenvalue weighted by Crippen LogP contribution is 2.36. The lowest BCUT2D eigenvalue weighted by Gasteiger charge is -2.16. The minimum Gasteiger partial charge on any atom is -0.422 e.